The van der Waals surface area contributed by atoms with E-state index in [9.17, 15) is 9.59 Å². The maximum Gasteiger partial charge on any atom is 0.331 e. The molecule has 3 rings (SSSR count). The Morgan fingerprint density at radius 3 is 2.29 bits per heavy atom. The molecule has 0 radical (unpaired) electrons. The fourth-order valence-corrected chi connectivity index (χ4v) is 3.68. The molecule has 0 saturated heterocycles. The lowest BCUT2D eigenvalue weighted by atomic mass is 10.0. The third-order valence-corrected chi connectivity index (χ3v) is 5.60. The number of benzene rings is 3. The van der Waals surface area contributed by atoms with Gasteiger partial charge >= 0.3 is 5.97 Å². The number of aryl methyl sites for hydroxylation is 3. The van der Waals surface area contributed by atoms with E-state index in [-0.39, 0.29) is 5.91 Å². The maximum absolute atomic E-state index is 12.5. The number of anilines is 1. The smallest absolute Gasteiger partial charge is 0.331 e. The Kier molecular flexibility index (Phi) is 8.50. The summed E-state index contributed by atoms with van der Waals surface area (Å²) in [5, 5.41) is 3.52. The molecule has 3 aromatic rings. The van der Waals surface area contributed by atoms with E-state index in [1.807, 2.05) is 81.4 Å². The van der Waals surface area contributed by atoms with Crippen molar-refractivity contribution in [3.8, 4) is 5.75 Å². The molecule has 0 spiro atoms. The van der Waals surface area contributed by atoms with Crippen LogP contribution in [0.25, 0.3) is 6.08 Å². The highest BCUT2D eigenvalue weighted by atomic mass is 35.5. The summed E-state index contributed by atoms with van der Waals surface area (Å²) in [6.45, 7) is 7.78. The van der Waals surface area contributed by atoms with Crippen LogP contribution in [0.3, 0.4) is 0 Å². The average Bonchev–Trinajstić information content (AvgIpc) is 2.80. The van der Waals surface area contributed by atoms with E-state index < -0.39 is 12.1 Å². The van der Waals surface area contributed by atoms with Gasteiger partial charge in [-0.15, -0.1) is 0 Å². The minimum absolute atomic E-state index is 0.364. The van der Waals surface area contributed by atoms with Gasteiger partial charge in [-0.25, -0.2) is 4.79 Å². The summed E-state index contributed by atoms with van der Waals surface area (Å²) in [4.78, 5) is 24.7. The van der Waals surface area contributed by atoms with Gasteiger partial charge in [-0.1, -0.05) is 59.6 Å². The molecule has 0 bridgehead atoms. The molecule has 176 valence electrons. The zero-order valence-corrected chi connectivity index (χ0v) is 20.5. The van der Waals surface area contributed by atoms with E-state index in [1.165, 1.54) is 6.08 Å². The van der Waals surface area contributed by atoms with Crippen LogP contribution in [-0.4, -0.2) is 18.0 Å². The lowest BCUT2D eigenvalue weighted by Gasteiger charge is -2.16. The third-order valence-electron chi connectivity index (χ3n) is 5.23. The molecule has 1 unspecified atom stereocenters. The van der Waals surface area contributed by atoms with E-state index in [1.54, 1.807) is 13.0 Å². The largest absolute Gasteiger partial charge is 0.489 e. The van der Waals surface area contributed by atoms with Gasteiger partial charge in [-0.3, -0.25) is 4.79 Å². The number of ether oxygens (including phenoxy) is 2. The van der Waals surface area contributed by atoms with Crippen LogP contribution in [0.2, 0.25) is 5.02 Å². The van der Waals surface area contributed by atoms with Gasteiger partial charge in [0.2, 0.25) is 0 Å². The second-order valence-corrected chi connectivity index (χ2v) is 8.53. The second kappa shape index (κ2) is 11.5. The fourth-order valence-electron chi connectivity index (χ4n) is 3.49. The van der Waals surface area contributed by atoms with Crippen molar-refractivity contribution in [2.45, 2.75) is 40.4 Å². The van der Waals surface area contributed by atoms with Crippen molar-refractivity contribution in [3.05, 3.63) is 99.6 Å². The van der Waals surface area contributed by atoms with Gasteiger partial charge in [-0.2, -0.15) is 0 Å². The predicted octanol–water partition coefficient (Wildman–Crippen LogP) is 6.43. The van der Waals surface area contributed by atoms with Crippen molar-refractivity contribution >= 4 is 35.2 Å². The summed E-state index contributed by atoms with van der Waals surface area (Å²) in [5.41, 5.74) is 5.49. The first-order valence-electron chi connectivity index (χ1n) is 11.0. The molecule has 0 aliphatic heterocycles. The highest BCUT2D eigenvalue weighted by Gasteiger charge is 2.18. The van der Waals surface area contributed by atoms with Gasteiger partial charge in [0.25, 0.3) is 5.91 Å². The van der Waals surface area contributed by atoms with E-state index in [2.05, 4.69) is 5.32 Å². The first kappa shape index (κ1) is 25.1. The van der Waals surface area contributed by atoms with Crippen LogP contribution in [0.1, 0.15) is 34.7 Å². The highest BCUT2D eigenvalue weighted by molar-refractivity contribution is 6.31. The van der Waals surface area contributed by atoms with Gasteiger partial charge in [0.15, 0.2) is 6.10 Å². The number of nitrogens with one attached hydrogen (secondary N) is 1. The first-order valence-corrected chi connectivity index (χ1v) is 11.3. The Labute approximate surface area is 205 Å². The molecule has 0 saturated carbocycles. The van der Waals surface area contributed by atoms with E-state index >= 15 is 0 Å². The molecular weight excluding hydrogens is 450 g/mol. The van der Waals surface area contributed by atoms with Crippen molar-refractivity contribution in [2.75, 3.05) is 5.32 Å². The number of esters is 1. The third kappa shape index (κ3) is 6.96. The summed E-state index contributed by atoms with van der Waals surface area (Å²) in [6.07, 6.45) is 1.99. The Bertz CT molecular complexity index is 1180. The van der Waals surface area contributed by atoms with Crippen molar-refractivity contribution in [2.24, 2.45) is 0 Å². The first-order chi connectivity index (χ1) is 16.2. The molecule has 0 aromatic heterocycles. The summed E-state index contributed by atoms with van der Waals surface area (Å²) in [7, 11) is 0. The van der Waals surface area contributed by atoms with Gasteiger partial charge in [0.05, 0.1) is 0 Å². The molecule has 0 heterocycles. The zero-order valence-electron chi connectivity index (χ0n) is 19.7. The standard InChI is InChI=1S/C28H28ClNO4/c1-18-15-19(2)27(20(3)16-18)30-28(32)21(4)34-26(31)14-11-22-9-12-24(13-10-22)33-17-23-7-5-6-8-25(23)29/h5-16,21H,17H2,1-4H3,(H,30,32)/b14-11+. The quantitative estimate of drug-likeness (QED) is 0.300. The molecule has 0 aliphatic rings. The number of amides is 1. The SMILES string of the molecule is Cc1cc(C)c(NC(=O)C(C)OC(=O)/C=C/c2ccc(OCc3ccccc3Cl)cc2)c(C)c1. The highest BCUT2D eigenvalue weighted by Crippen LogP contribution is 2.22. The van der Waals surface area contributed by atoms with Crippen molar-refractivity contribution in [1.29, 1.82) is 0 Å². The van der Waals surface area contributed by atoms with E-state index in [0.717, 1.165) is 33.5 Å². The monoisotopic (exact) mass is 477 g/mol. The number of hydrogen-bond donors (Lipinski definition) is 1. The van der Waals surface area contributed by atoms with Crippen LogP contribution in [0, 0.1) is 20.8 Å². The normalized spacial score (nSPS) is 11.8. The summed E-state index contributed by atoms with van der Waals surface area (Å²) >= 11 is 6.14. The average molecular weight is 478 g/mol. The number of rotatable bonds is 8. The van der Waals surface area contributed by atoms with E-state index in [0.29, 0.717) is 17.4 Å². The van der Waals surface area contributed by atoms with Crippen LogP contribution < -0.4 is 10.1 Å². The molecule has 6 heteroatoms. The Morgan fingerprint density at radius 2 is 1.65 bits per heavy atom. The zero-order chi connectivity index (χ0) is 24.7. The van der Waals surface area contributed by atoms with Gasteiger partial charge in [-0.05, 0) is 68.7 Å². The van der Waals surface area contributed by atoms with Crippen molar-refractivity contribution in [3.63, 3.8) is 0 Å². The number of carbonyl (C=O) groups is 2. The van der Waals surface area contributed by atoms with Crippen LogP contribution in [0.5, 0.6) is 5.75 Å². The lowest BCUT2D eigenvalue weighted by Crippen LogP contribution is -2.30. The maximum atomic E-state index is 12.5. The molecule has 1 atom stereocenters. The predicted molar refractivity (Wildman–Crippen MR) is 136 cm³/mol. The Morgan fingerprint density at radius 1 is 1.00 bits per heavy atom. The molecule has 3 aromatic carbocycles. The molecule has 34 heavy (non-hydrogen) atoms. The molecule has 5 nitrogen and oxygen atoms in total. The summed E-state index contributed by atoms with van der Waals surface area (Å²) in [5.74, 6) is -0.289. The van der Waals surface area contributed by atoms with E-state index in [4.69, 9.17) is 21.1 Å². The van der Waals surface area contributed by atoms with Crippen molar-refractivity contribution < 1.29 is 19.1 Å². The molecule has 0 aliphatic carbocycles. The van der Waals surface area contributed by atoms with Gasteiger partial charge in [0.1, 0.15) is 12.4 Å². The molecule has 1 amide bonds. The van der Waals surface area contributed by atoms with Gasteiger partial charge in [0, 0.05) is 22.3 Å². The summed E-state index contributed by atoms with van der Waals surface area (Å²) in [6, 6.07) is 18.8. The number of halogens is 1. The Hall–Kier alpha value is -3.57. The second-order valence-electron chi connectivity index (χ2n) is 8.12. The number of hydrogen-bond acceptors (Lipinski definition) is 4. The fraction of sp³-hybridized carbons (Fsp3) is 0.214. The Balaban J connectivity index is 1.51. The molecule has 0 fully saturated rings. The van der Waals surface area contributed by atoms with Crippen LogP contribution in [-0.2, 0) is 20.9 Å². The minimum Gasteiger partial charge on any atom is -0.489 e. The van der Waals surface area contributed by atoms with Gasteiger partial charge < -0.3 is 14.8 Å². The van der Waals surface area contributed by atoms with Crippen LogP contribution in [0.15, 0.2) is 66.7 Å². The topological polar surface area (TPSA) is 64.6 Å². The lowest BCUT2D eigenvalue weighted by molar-refractivity contribution is -0.148. The van der Waals surface area contributed by atoms with Crippen LogP contribution in [0.4, 0.5) is 5.69 Å². The number of carbonyl (C=O) groups excluding carboxylic acids is 2. The molecule has 1 N–H and O–H groups in total. The van der Waals surface area contributed by atoms with Crippen molar-refractivity contribution in [1.82, 2.24) is 0 Å². The molecular formula is C28H28ClNO4. The minimum atomic E-state index is -0.933. The summed E-state index contributed by atoms with van der Waals surface area (Å²) < 4.78 is 11.0. The van der Waals surface area contributed by atoms with Crippen LogP contribution >= 0.6 is 11.6 Å².